The lowest BCUT2D eigenvalue weighted by atomic mass is 10.1. The van der Waals surface area contributed by atoms with Crippen LogP contribution in [0, 0.1) is 11.6 Å². The van der Waals surface area contributed by atoms with Crippen LogP contribution in [0.1, 0.15) is 29.3 Å². The molecule has 94 valence electrons. The van der Waals surface area contributed by atoms with E-state index in [0.29, 0.717) is 12.1 Å². The summed E-state index contributed by atoms with van der Waals surface area (Å²) in [7, 11) is 0. The molecule has 2 aromatic rings. The average molecular weight is 250 g/mol. The number of rotatable bonds is 4. The molecule has 2 rings (SSSR count). The van der Waals surface area contributed by atoms with Gasteiger partial charge >= 0.3 is 0 Å². The number of carbonyl (C=O) groups excluding carboxylic acids is 1. The third-order valence-electron chi connectivity index (χ3n) is 2.47. The second-order valence-electron chi connectivity index (χ2n) is 3.98. The van der Waals surface area contributed by atoms with Crippen LogP contribution in [0.25, 0.3) is 0 Å². The standard InChI is InChI=1S/C13H12F2N2O/c1-2-3-17-8-10(7-16-17)13(18)9-4-11(14)6-12(15)5-9/h4-8H,2-3H2,1H3. The molecule has 3 nitrogen and oxygen atoms in total. The average Bonchev–Trinajstić information content (AvgIpc) is 2.76. The zero-order valence-electron chi connectivity index (χ0n) is 9.86. The van der Waals surface area contributed by atoms with E-state index in [0.717, 1.165) is 24.6 Å². The molecule has 0 radical (unpaired) electrons. The molecule has 0 unspecified atom stereocenters. The van der Waals surface area contributed by atoms with Gasteiger partial charge in [0.05, 0.1) is 11.8 Å². The van der Waals surface area contributed by atoms with Gasteiger partial charge in [-0.3, -0.25) is 9.48 Å². The topological polar surface area (TPSA) is 34.9 Å². The van der Waals surface area contributed by atoms with Gasteiger partial charge in [0.1, 0.15) is 11.6 Å². The Kier molecular flexibility index (Phi) is 3.50. The van der Waals surface area contributed by atoms with Crippen LogP contribution in [-0.2, 0) is 6.54 Å². The van der Waals surface area contributed by atoms with Gasteiger partial charge in [-0.25, -0.2) is 8.78 Å². The first-order valence-electron chi connectivity index (χ1n) is 5.63. The second kappa shape index (κ2) is 5.08. The molecule has 0 amide bonds. The van der Waals surface area contributed by atoms with Crippen LogP contribution in [0.5, 0.6) is 0 Å². The lowest BCUT2D eigenvalue weighted by molar-refractivity contribution is 0.103. The Morgan fingerprint density at radius 1 is 1.22 bits per heavy atom. The smallest absolute Gasteiger partial charge is 0.196 e. The largest absolute Gasteiger partial charge is 0.288 e. The summed E-state index contributed by atoms with van der Waals surface area (Å²) in [4.78, 5) is 12.0. The van der Waals surface area contributed by atoms with Crippen LogP contribution in [0.15, 0.2) is 30.6 Å². The first kappa shape index (κ1) is 12.4. The van der Waals surface area contributed by atoms with E-state index in [1.54, 1.807) is 10.9 Å². The van der Waals surface area contributed by atoms with Crippen molar-refractivity contribution in [2.75, 3.05) is 0 Å². The molecule has 0 saturated heterocycles. The Balaban J connectivity index is 2.29. The summed E-state index contributed by atoms with van der Waals surface area (Å²) in [5.74, 6) is -1.96. The van der Waals surface area contributed by atoms with Crippen molar-refractivity contribution in [1.82, 2.24) is 9.78 Å². The highest BCUT2D eigenvalue weighted by Crippen LogP contribution is 2.13. The molecule has 18 heavy (non-hydrogen) atoms. The summed E-state index contributed by atoms with van der Waals surface area (Å²) < 4.78 is 27.7. The summed E-state index contributed by atoms with van der Waals surface area (Å²) >= 11 is 0. The molecule has 1 heterocycles. The molecule has 0 aliphatic carbocycles. The molecule has 0 saturated carbocycles. The van der Waals surface area contributed by atoms with Crippen molar-refractivity contribution in [1.29, 1.82) is 0 Å². The Morgan fingerprint density at radius 2 is 1.89 bits per heavy atom. The normalized spacial score (nSPS) is 10.6. The molecule has 0 N–H and O–H groups in total. The van der Waals surface area contributed by atoms with E-state index < -0.39 is 17.4 Å². The highest BCUT2D eigenvalue weighted by atomic mass is 19.1. The molecule has 1 aromatic carbocycles. The first-order chi connectivity index (χ1) is 8.60. The Bertz CT molecular complexity index is 558. The summed E-state index contributed by atoms with van der Waals surface area (Å²) in [5, 5.41) is 4.01. The SMILES string of the molecule is CCCn1cc(C(=O)c2cc(F)cc(F)c2)cn1. The number of carbonyl (C=O) groups is 1. The molecule has 0 aliphatic rings. The fourth-order valence-electron chi connectivity index (χ4n) is 1.68. The van der Waals surface area contributed by atoms with Crippen LogP contribution >= 0.6 is 0 Å². The van der Waals surface area contributed by atoms with E-state index in [1.165, 1.54) is 6.20 Å². The lowest BCUT2D eigenvalue weighted by Crippen LogP contribution is -2.02. The number of hydrogen-bond donors (Lipinski definition) is 0. The highest BCUT2D eigenvalue weighted by Gasteiger charge is 2.13. The minimum absolute atomic E-state index is 0.0106. The minimum Gasteiger partial charge on any atom is -0.288 e. The van der Waals surface area contributed by atoms with Crippen LogP contribution in [0.2, 0.25) is 0 Å². The van der Waals surface area contributed by atoms with Gasteiger partial charge in [-0.1, -0.05) is 6.92 Å². The van der Waals surface area contributed by atoms with Gasteiger partial charge in [0, 0.05) is 24.4 Å². The third kappa shape index (κ3) is 2.61. The van der Waals surface area contributed by atoms with Gasteiger partial charge in [-0.2, -0.15) is 5.10 Å². The van der Waals surface area contributed by atoms with E-state index >= 15 is 0 Å². The van der Waals surface area contributed by atoms with Crippen molar-refractivity contribution >= 4 is 5.78 Å². The van der Waals surface area contributed by atoms with Crippen LogP contribution < -0.4 is 0 Å². The number of aromatic nitrogens is 2. The van der Waals surface area contributed by atoms with Crippen molar-refractivity contribution in [2.24, 2.45) is 0 Å². The molecule has 1 aromatic heterocycles. The summed E-state index contributed by atoms with van der Waals surface area (Å²) in [5.41, 5.74) is 0.317. The van der Waals surface area contributed by atoms with E-state index in [9.17, 15) is 13.6 Å². The van der Waals surface area contributed by atoms with Crippen molar-refractivity contribution in [3.8, 4) is 0 Å². The zero-order valence-corrected chi connectivity index (χ0v) is 9.86. The zero-order chi connectivity index (χ0) is 13.1. The fraction of sp³-hybridized carbons (Fsp3) is 0.231. The second-order valence-corrected chi connectivity index (χ2v) is 3.98. The number of hydrogen-bond acceptors (Lipinski definition) is 2. The molecule has 0 atom stereocenters. The molecule has 0 aliphatic heterocycles. The molecule has 0 spiro atoms. The molecule has 0 fully saturated rings. The fourth-order valence-corrected chi connectivity index (χ4v) is 1.68. The van der Waals surface area contributed by atoms with E-state index in [1.807, 2.05) is 6.92 Å². The molecule has 5 heteroatoms. The third-order valence-corrected chi connectivity index (χ3v) is 2.47. The van der Waals surface area contributed by atoms with E-state index in [-0.39, 0.29) is 5.56 Å². The number of benzene rings is 1. The summed E-state index contributed by atoms with van der Waals surface area (Å²) in [6.45, 7) is 2.69. The predicted octanol–water partition coefficient (Wildman–Crippen LogP) is 2.80. The predicted molar refractivity (Wildman–Crippen MR) is 62.3 cm³/mol. The van der Waals surface area contributed by atoms with Gasteiger partial charge in [0.25, 0.3) is 0 Å². The minimum atomic E-state index is -0.765. The van der Waals surface area contributed by atoms with Gasteiger partial charge in [-0.05, 0) is 18.6 Å². The molecule has 0 bridgehead atoms. The molecular weight excluding hydrogens is 238 g/mol. The van der Waals surface area contributed by atoms with Crippen LogP contribution in [-0.4, -0.2) is 15.6 Å². The quantitative estimate of drug-likeness (QED) is 0.782. The maximum Gasteiger partial charge on any atom is 0.196 e. The number of ketones is 1. The van der Waals surface area contributed by atoms with Gasteiger partial charge < -0.3 is 0 Å². The van der Waals surface area contributed by atoms with Crippen molar-refractivity contribution in [2.45, 2.75) is 19.9 Å². The number of nitrogens with zero attached hydrogens (tertiary/aromatic N) is 2. The van der Waals surface area contributed by atoms with Crippen molar-refractivity contribution in [3.63, 3.8) is 0 Å². The van der Waals surface area contributed by atoms with Gasteiger partial charge in [-0.15, -0.1) is 0 Å². The molecular formula is C13H12F2N2O. The highest BCUT2D eigenvalue weighted by molar-refractivity contribution is 6.08. The number of halogens is 2. The lowest BCUT2D eigenvalue weighted by Gasteiger charge is -1.99. The number of aryl methyl sites for hydroxylation is 1. The van der Waals surface area contributed by atoms with E-state index in [2.05, 4.69) is 5.10 Å². The Morgan fingerprint density at radius 3 is 2.50 bits per heavy atom. The monoisotopic (exact) mass is 250 g/mol. The van der Waals surface area contributed by atoms with Crippen molar-refractivity contribution in [3.05, 3.63) is 53.4 Å². The van der Waals surface area contributed by atoms with E-state index in [4.69, 9.17) is 0 Å². The Hall–Kier alpha value is -2.04. The van der Waals surface area contributed by atoms with Crippen LogP contribution in [0.3, 0.4) is 0 Å². The summed E-state index contributed by atoms with van der Waals surface area (Å²) in [6, 6.07) is 2.77. The van der Waals surface area contributed by atoms with Gasteiger partial charge in [0.15, 0.2) is 5.78 Å². The maximum atomic E-state index is 13.0. The Labute approximate surface area is 103 Å². The van der Waals surface area contributed by atoms with Gasteiger partial charge in [0.2, 0.25) is 0 Å². The maximum absolute atomic E-state index is 13.0. The van der Waals surface area contributed by atoms with Crippen molar-refractivity contribution < 1.29 is 13.6 Å². The summed E-state index contributed by atoms with van der Waals surface area (Å²) in [6.07, 6.45) is 3.87. The first-order valence-corrected chi connectivity index (χ1v) is 5.63. The van der Waals surface area contributed by atoms with Crippen LogP contribution in [0.4, 0.5) is 8.78 Å².